The number of hydrogen-bond donors (Lipinski definition) is 1. The van der Waals surface area contributed by atoms with Crippen molar-refractivity contribution in [3.8, 4) is 10.7 Å². The molecular weight excluding hydrogens is 424 g/mol. The molecule has 1 amide bonds. The van der Waals surface area contributed by atoms with Crippen LogP contribution in [-0.2, 0) is 11.2 Å². The van der Waals surface area contributed by atoms with E-state index in [-0.39, 0.29) is 18.2 Å². The third kappa shape index (κ3) is 5.26. The van der Waals surface area contributed by atoms with Gasteiger partial charge in [-0.15, -0.1) is 0 Å². The maximum absolute atomic E-state index is 12.3. The number of amides is 1. The van der Waals surface area contributed by atoms with Crippen LogP contribution in [0.25, 0.3) is 21.7 Å². The lowest BCUT2D eigenvalue weighted by molar-refractivity contribution is 0.0486. The third-order valence-electron chi connectivity index (χ3n) is 5.55. The van der Waals surface area contributed by atoms with Crippen LogP contribution in [0.3, 0.4) is 0 Å². The summed E-state index contributed by atoms with van der Waals surface area (Å²) in [4.78, 5) is 26.2. The molecule has 3 aromatic heterocycles. The number of aromatic nitrogens is 5. The van der Waals surface area contributed by atoms with Crippen LogP contribution in [0.2, 0.25) is 0 Å². The SMILES string of the molecule is CC(C)Cc1nc2cnc(-c3ncns3)cc2n1[C@@H]1CCC[C@H](NC(=O)OC(C)(C)C)C1. The summed E-state index contributed by atoms with van der Waals surface area (Å²) in [5, 5.41) is 3.89. The van der Waals surface area contributed by atoms with Crippen molar-refractivity contribution >= 4 is 28.7 Å². The zero-order chi connectivity index (χ0) is 22.9. The number of carbonyl (C=O) groups is 1. The highest BCUT2D eigenvalue weighted by molar-refractivity contribution is 7.09. The number of hydrogen-bond acceptors (Lipinski definition) is 7. The van der Waals surface area contributed by atoms with Crippen molar-refractivity contribution in [1.82, 2.24) is 29.2 Å². The van der Waals surface area contributed by atoms with Crippen molar-refractivity contribution in [3.05, 3.63) is 24.4 Å². The van der Waals surface area contributed by atoms with Gasteiger partial charge in [-0.1, -0.05) is 13.8 Å². The molecule has 9 heteroatoms. The first-order valence-corrected chi connectivity index (χ1v) is 12.1. The van der Waals surface area contributed by atoms with Gasteiger partial charge in [0.1, 0.15) is 29.0 Å². The summed E-state index contributed by atoms with van der Waals surface area (Å²) in [5.74, 6) is 1.56. The molecule has 3 heterocycles. The number of ether oxygens (including phenoxy) is 1. The Morgan fingerprint density at radius 3 is 2.81 bits per heavy atom. The molecule has 3 aromatic rings. The number of imidazole rings is 1. The van der Waals surface area contributed by atoms with Crippen LogP contribution < -0.4 is 5.32 Å². The van der Waals surface area contributed by atoms with E-state index in [1.54, 1.807) is 6.33 Å². The molecule has 4 rings (SSSR count). The highest BCUT2D eigenvalue weighted by Crippen LogP contribution is 2.34. The fraction of sp³-hybridized carbons (Fsp3) is 0.609. The van der Waals surface area contributed by atoms with Crippen LogP contribution in [0.1, 0.15) is 72.2 Å². The van der Waals surface area contributed by atoms with E-state index in [2.05, 4.69) is 44.1 Å². The van der Waals surface area contributed by atoms with E-state index in [9.17, 15) is 4.79 Å². The largest absolute Gasteiger partial charge is 0.444 e. The maximum Gasteiger partial charge on any atom is 0.407 e. The summed E-state index contributed by atoms with van der Waals surface area (Å²) < 4.78 is 12.0. The fourth-order valence-corrected chi connectivity index (χ4v) is 4.87. The van der Waals surface area contributed by atoms with E-state index in [4.69, 9.17) is 9.72 Å². The Balaban J connectivity index is 1.64. The first kappa shape index (κ1) is 22.6. The molecule has 172 valence electrons. The van der Waals surface area contributed by atoms with Gasteiger partial charge in [0.05, 0.1) is 11.7 Å². The highest BCUT2D eigenvalue weighted by atomic mass is 32.1. The van der Waals surface area contributed by atoms with Gasteiger partial charge in [0.25, 0.3) is 0 Å². The molecule has 1 saturated carbocycles. The maximum atomic E-state index is 12.3. The van der Waals surface area contributed by atoms with Crippen molar-refractivity contribution in [1.29, 1.82) is 0 Å². The Hall–Kier alpha value is -2.55. The van der Waals surface area contributed by atoms with Crippen LogP contribution in [0.15, 0.2) is 18.6 Å². The monoisotopic (exact) mass is 456 g/mol. The Labute approximate surface area is 193 Å². The average molecular weight is 457 g/mol. The normalized spacial score (nSPS) is 19.4. The Morgan fingerprint density at radius 2 is 2.12 bits per heavy atom. The van der Waals surface area contributed by atoms with Crippen molar-refractivity contribution in [2.45, 2.75) is 84.4 Å². The molecular formula is C23H32N6O2S. The molecule has 8 nitrogen and oxygen atoms in total. The van der Waals surface area contributed by atoms with E-state index in [0.717, 1.165) is 59.7 Å². The van der Waals surface area contributed by atoms with Gasteiger partial charge >= 0.3 is 6.09 Å². The van der Waals surface area contributed by atoms with E-state index in [0.29, 0.717) is 5.92 Å². The second-order valence-corrected chi connectivity index (χ2v) is 10.7. The number of alkyl carbamates (subject to hydrolysis) is 1. The minimum atomic E-state index is -0.503. The lowest BCUT2D eigenvalue weighted by atomic mass is 9.90. The predicted octanol–water partition coefficient (Wildman–Crippen LogP) is 5.16. The van der Waals surface area contributed by atoms with E-state index in [1.807, 2.05) is 27.0 Å². The van der Waals surface area contributed by atoms with Gasteiger partial charge in [0.15, 0.2) is 5.01 Å². The van der Waals surface area contributed by atoms with Gasteiger partial charge in [0, 0.05) is 18.5 Å². The number of pyridine rings is 1. The molecule has 0 aliphatic heterocycles. The number of rotatable bonds is 5. The van der Waals surface area contributed by atoms with Crippen molar-refractivity contribution in [2.75, 3.05) is 0 Å². The lowest BCUT2D eigenvalue weighted by Crippen LogP contribution is -2.41. The van der Waals surface area contributed by atoms with Gasteiger partial charge < -0.3 is 14.6 Å². The number of carbonyl (C=O) groups excluding carboxylic acids is 1. The molecule has 1 aliphatic rings. The first-order chi connectivity index (χ1) is 15.2. The topological polar surface area (TPSA) is 94.8 Å². The molecule has 1 N–H and O–H groups in total. The standard InChI is InChI=1S/C23H32N6O2S/c1-14(2)9-20-28-18-12-24-17(21-25-13-26-32-21)11-19(18)29(20)16-8-6-7-15(10-16)27-22(30)31-23(3,4)5/h11-16H,6-10H2,1-5H3,(H,27,30)/t15-,16+/m0/s1. The minimum Gasteiger partial charge on any atom is -0.444 e. The number of nitrogens with zero attached hydrogens (tertiary/aromatic N) is 5. The smallest absolute Gasteiger partial charge is 0.407 e. The van der Waals surface area contributed by atoms with Gasteiger partial charge in [-0.2, -0.15) is 4.37 Å². The summed E-state index contributed by atoms with van der Waals surface area (Å²) in [7, 11) is 0. The van der Waals surface area contributed by atoms with Crippen LogP contribution in [-0.4, -0.2) is 41.6 Å². The lowest BCUT2D eigenvalue weighted by Gasteiger charge is -2.32. The summed E-state index contributed by atoms with van der Waals surface area (Å²) >= 11 is 1.34. The second kappa shape index (κ2) is 9.13. The molecule has 0 aromatic carbocycles. The van der Waals surface area contributed by atoms with Crippen LogP contribution >= 0.6 is 11.5 Å². The molecule has 1 fully saturated rings. The molecule has 0 radical (unpaired) electrons. The van der Waals surface area contributed by atoms with Crippen molar-refractivity contribution < 1.29 is 9.53 Å². The van der Waals surface area contributed by atoms with E-state index >= 15 is 0 Å². The molecule has 0 bridgehead atoms. The zero-order valence-corrected chi connectivity index (χ0v) is 20.3. The van der Waals surface area contributed by atoms with Crippen molar-refractivity contribution in [3.63, 3.8) is 0 Å². The van der Waals surface area contributed by atoms with E-state index in [1.165, 1.54) is 11.5 Å². The molecule has 2 atom stereocenters. The average Bonchev–Trinajstić information content (AvgIpc) is 3.33. The second-order valence-electron chi connectivity index (χ2n) is 9.96. The summed E-state index contributed by atoms with van der Waals surface area (Å²) in [6.45, 7) is 10.1. The third-order valence-corrected chi connectivity index (χ3v) is 6.24. The Morgan fingerprint density at radius 1 is 1.31 bits per heavy atom. The van der Waals surface area contributed by atoms with Crippen LogP contribution in [0.4, 0.5) is 4.79 Å². The highest BCUT2D eigenvalue weighted by Gasteiger charge is 2.29. The van der Waals surface area contributed by atoms with Gasteiger partial charge in [-0.05, 0) is 70.0 Å². The molecule has 0 spiro atoms. The predicted molar refractivity (Wildman–Crippen MR) is 126 cm³/mol. The quantitative estimate of drug-likeness (QED) is 0.570. The summed E-state index contributed by atoms with van der Waals surface area (Å²) in [5.41, 5.74) is 2.29. The van der Waals surface area contributed by atoms with Crippen molar-refractivity contribution in [2.24, 2.45) is 5.92 Å². The zero-order valence-electron chi connectivity index (χ0n) is 19.5. The van der Waals surface area contributed by atoms with Gasteiger partial charge in [-0.25, -0.2) is 14.8 Å². The molecule has 1 aliphatic carbocycles. The Bertz CT molecular complexity index is 1070. The number of fused-ring (bicyclic) bond motifs is 1. The van der Waals surface area contributed by atoms with Crippen LogP contribution in [0.5, 0.6) is 0 Å². The fourth-order valence-electron chi connectivity index (χ4n) is 4.37. The summed E-state index contributed by atoms with van der Waals surface area (Å²) in [6, 6.07) is 2.42. The van der Waals surface area contributed by atoms with Gasteiger partial charge in [-0.3, -0.25) is 4.98 Å². The summed E-state index contributed by atoms with van der Waals surface area (Å²) in [6.07, 6.45) is 7.85. The van der Waals surface area contributed by atoms with Gasteiger partial charge in [0.2, 0.25) is 0 Å². The molecule has 0 saturated heterocycles. The molecule has 32 heavy (non-hydrogen) atoms. The number of nitrogens with one attached hydrogen (secondary N) is 1. The first-order valence-electron chi connectivity index (χ1n) is 11.3. The van der Waals surface area contributed by atoms with Crippen LogP contribution in [0, 0.1) is 5.92 Å². The molecule has 0 unspecified atom stereocenters. The minimum absolute atomic E-state index is 0.0809. The van der Waals surface area contributed by atoms with E-state index < -0.39 is 5.60 Å². The Kier molecular flexibility index (Phi) is 6.46.